The summed E-state index contributed by atoms with van der Waals surface area (Å²) in [5, 5.41) is 6.82. The predicted octanol–water partition coefficient (Wildman–Crippen LogP) is 1.72. The van der Waals surface area contributed by atoms with Gasteiger partial charge in [-0.2, -0.15) is 5.10 Å². The Morgan fingerprint density at radius 1 is 1.36 bits per heavy atom. The van der Waals surface area contributed by atoms with Crippen LogP contribution < -0.4 is 5.32 Å². The van der Waals surface area contributed by atoms with Gasteiger partial charge in [-0.05, 0) is 40.0 Å². The first-order valence-corrected chi connectivity index (χ1v) is 9.57. The van der Waals surface area contributed by atoms with Crippen molar-refractivity contribution >= 4 is 15.7 Å². The van der Waals surface area contributed by atoms with Gasteiger partial charge in [0.15, 0.2) is 0 Å². The molecule has 6 nitrogen and oxygen atoms in total. The van der Waals surface area contributed by atoms with Crippen LogP contribution in [0.4, 0.5) is 0 Å². The Bertz CT molecular complexity index is 643. The third kappa shape index (κ3) is 4.09. The van der Waals surface area contributed by atoms with E-state index in [2.05, 4.69) is 10.4 Å². The summed E-state index contributed by atoms with van der Waals surface area (Å²) in [6.07, 6.45) is 7.39. The largest absolute Gasteiger partial charge is 0.349 e. The Labute approximate surface area is 132 Å². The summed E-state index contributed by atoms with van der Waals surface area (Å²) in [6, 6.07) is -0.0843. The minimum Gasteiger partial charge on any atom is -0.349 e. The summed E-state index contributed by atoms with van der Waals surface area (Å²) in [5.74, 6) is -0.186. The van der Waals surface area contributed by atoms with E-state index >= 15 is 0 Å². The number of hydrogen-bond donors (Lipinski definition) is 1. The SMILES string of the molecule is CC(C)(C)n1cc(C(=O)N[C@H]2CCC[C@@H](S(C)(=O)=O)C2)cn1. The molecule has 0 aliphatic heterocycles. The molecule has 2 atom stereocenters. The monoisotopic (exact) mass is 327 g/mol. The second kappa shape index (κ2) is 6.02. The first-order valence-electron chi connectivity index (χ1n) is 7.62. The van der Waals surface area contributed by atoms with E-state index in [-0.39, 0.29) is 22.7 Å². The van der Waals surface area contributed by atoms with Crippen LogP contribution in [0.2, 0.25) is 0 Å². The second-order valence-electron chi connectivity index (χ2n) is 7.13. The Balaban J connectivity index is 2.01. The number of carbonyl (C=O) groups excluding carboxylic acids is 1. The minimum absolute atomic E-state index is 0.0843. The van der Waals surface area contributed by atoms with Crippen molar-refractivity contribution in [2.24, 2.45) is 0 Å². The lowest BCUT2D eigenvalue weighted by atomic mass is 9.95. The van der Waals surface area contributed by atoms with Crippen LogP contribution in [0.15, 0.2) is 12.4 Å². The van der Waals surface area contributed by atoms with Crippen molar-refractivity contribution in [1.29, 1.82) is 0 Å². The van der Waals surface area contributed by atoms with Crippen molar-refractivity contribution in [3.8, 4) is 0 Å². The highest BCUT2D eigenvalue weighted by atomic mass is 32.2. The van der Waals surface area contributed by atoms with E-state index in [1.807, 2.05) is 20.8 Å². The molecule has 1 amide bonds. The van der Waals surface area contributed by atoms with Crippen molar-refractivity contribution in [2.45, 2.75) is 63.3 Å². The van der Waals surface area contributed by atoms with Gasteiger partial charge in [-0.3, -0.25) is 9.48 Å². The highest BCUT2D eigenvalue weighted by molar-refractivity contribution is 7.91. The topological polar surface area (TPSA) is 81.1 Å². The van der Waals surface area contributed by atoms with Crippen LogP contribution in [0.5, 0.6) is 0 Å². The molecule has 1 aliphatic rings. The molecule has 0 bridgehead atoms. The van der Waals surface area contributed by atoms with Crippen molar-refractivity contribution in [2.75, 3.05) is 6.26 Å². The Kier molecular flexibility index (Phi) is 4.65. The van der Waals surface area contributed by atoms with Crippen LogP contribution in [0.1, 0.15) is 56.8 Å². The summed E-state index contributed by atoms with van der Waals surface area (Å²) in [7, 11) is -3.04. The van der Waals surface area contributed by atoms with E-state index in [1.54, 1.807) is 17.1 Å². The number of carbonyl (C=O) groups is 1. The average Bonchev–Trinajstić information content (AvgIpc) is 2.87. The zero-order valence-corrected chi connectivity index (χ0v) is 14.5. The zero-order chi connectivity index (χ0) is 16.5. The van der Waals surface area contributed by atoms with Crippen LogP contribution in [0.25, 0.3) is 0 Å². The van der Waals surface area contributed by atoms with Crippen LogP contribution in [0, 0.1) is 0 Å². The zero-order valence-electron chi connectivity index (χ0n) is 13.7. The van der Waals surface area contributed by atoms with Gasteiger partial charge in [-0.15, -0.1) is 0 Å². The summed E-state index contributed by atoms with van der Waals surface area (Å²) in [4.78, 5) is 12.3. The molecule has 0 aromatic carbocycles. The van der Waals surface area contributed by atoms with Gasteiger partial charge in [0, 0.05) is 18.5 Å². The molecule has 1 saturated carbocycles. The molecule has 124 valence electrons. The van der Waals surface area contributed by atoms with E-state index in [0.717, 1.165) is 12.8 Å². The van der Waals surface area contributed by atoms with Gasteiger partial charge in [0.1, 0.15) is 9.84 Å². The molecule has 0 radical (unpaired) electrons. The fraction of sp³-hybridized carbons (Fsp3) is 0.733. The molecule has 1 fully saturated rings. The lowest BCUT2D eigenvalue weighted by molar-refractivity contribution is 0.0927. The normalized spacial score (nSPS) is 23.3. The quantitative estimate of drug-likeness (QED) is 0.916. The highest BCUT2D eigenvalue weighted by Gasteiger charge is 2.30. The van der Waals surface area contributed by atoms with E-state index < -0.39 is 9.84 Å². The lowest BCUT2D eigenvalue weighted by Gasteiger charge is -2.28. The van der Waals surface area contributed by atoms with Gasteiger partial charge < -0.3 is 5.32 Å². The molecule has 0 saturated heterocycles. The van der Waals surface area contributed by atoms with Gasteiger partial charge in [0.25, 0.3) is 5.91 Å². The fourth-order valence-corrected chi connectivity index (χ4v) is 3.92. The van der Waals surface area contributed by atoms with Gasteiger partial charge in [0.2, 0.25) is 0 Å². The van der Waals surface area contributed by atoms with Gasteiger partial charge >= 0.3 is 0 Å². The molecule has 1 aliphatic carbocycles. The maximum atomic E-state index is 12.3. The third-order valence-electron chi connectivity index (χ3n) is 4.10. The average molecular weight is 327 g/mol. The van der Waals surface area contributed by atoms with E-state index in [1.165, 1.54) is 6.26 Å². The Morgan fingerprint density at radius 3 is 2.59 bits per heavy atom. The molecule has 0 spiro atoms. The number of rotatable bonds is 3. The van der Waals surface area contributed by atoms with Crippen LogP contribution in [-0.4, -0.2) is 41.7 Å². The number of sulfone groups is 1. The molecular formula is C15H25N3O3S. The summed E-state index contributed by atoms with van der Waals surface area (Å²) in [6.45, 7) is 6.04. The first-order chi connectivity index (χ1) is 10.1. The molecule has 22 heavy (non-hydrogen) atoms. The smallest absolute Gasteiger partial charge is 0.254 e. The van der Waals surface area contributed by atoms with Crippen molar-refractivity contribution < 1.29 is 13.2 Å². The third-order valence-corrected chi connectivity index (χ3v) is 5.74. The van der Waals surface area contributed by atoms with Gasteiger partial charge in [-0.1, -0.05) is 6.42 Å². The number of nitrogens with zero attached hydrogens (tertiary/aromatic N) is 2. The van der Waals surface area contributed by atoms with Crippen LogP contribution >= 0.6 is 0 Å². The molecule has 0 unspecified atom stereocenters. The Hall–Kier alpha value is -1.37. The minimum atomic E-state index is -3.04. The number of aromatic nitrogens is 2. The molecule has 1 heterocycles. The fourth-order valence-electron chi connectivity index (χ4n) is 2.74. The standard InChI is InChI=1S/C15H25N3O3S/c1-15(2,3)18-10-11(9-16-18)14(19)17-12-6-5-7-13(8-12)22(4,20)21/h9-10,12-13H,5-8H2,1-4H3,(H,17,19)/t12-,13+/m0/s1. The molecule has 1 N–H and O–H groups in total. The molecule has 2 rings (SSSR count). The van der Waals surface area contributed by atoms with Crippen molar-refractivity contribution in [3.63, 3.8) is 0 Å². The van der Waals surface area contributed by atoms with Crippen LogP contribution in [-0.2, 0) is 15.4 Å². The maximum Gasteiger partial charge on any atom is 0.254 e. The molecular weight excluding hydrogens is 302 g/mol. The number of hydrogen-bond acceptors (Lipinski definition) is 4. The van der Waals surface area contributed by atoms with Crippen LogP contribution in [0.3, 0.4) is 0 Å². The predicted molar refractivity (Wildman–Crippen MR) is 85.6 cm³/mol. The van der Waals surface area contributed by atoms with E-state index in [0.29, 0.717) is 18.4 Å². The highest BCUT2D eigenvalue weighted by Crippen LogP contribution is 2.24. The molecule has 1 aromatic rings. The molecule has 7 heteroatoms. The van der Waals surface area contributed by atoms with Gasteiger partial charge in [0.05, 0.1) is 22.5 Å². The Morgan fingerprint density at radius 2 is 2.05 bits per heavy atom. The molecule has 1 aromatic heterocycles. The number of nitrogens with one attached hydrogen (secondary N) is 1. The maximum absolute atomic E-state index is 12.3. The van der Waals surface area contributed by atoms with Crippen molar-refractivity contribution in [3.05, 3.63) is 18.0 Å². The van der Waals surface area contributed by atoms with Crippen molar-refractivity contribution in [1.82, 2.24) is 15.1 Å². The summed E-state index contributed by atoms with van der Waals surface area (Å²) in [5.41, 5.74) is 0.335. The summed E-state index contributed by atoms with van der Waals surface area (Å²) >= 11 is 0. The van der Waals surface area contributed by atoms with E-state index in [9.17, 15) is 13.2 Å². The number of amides is 1. The first kappa shape index (κ1) is 17.0. The second-order valence-corrected chi connectivity index (χ2v) is 9.46. The summed E-state index contributed by atoms with van der Waals surface area (Å²) < 4.78 is 25.1. The lowest BCUT2D eigenvalue weighted by Crippen LogP contribution is -2.41. The van der Waals surface area contributed by atoms with E-state index in [4.69, 9.17) is 0 Å². The van der Waals surface area contributed by atoms with Gasteiger partial charge in [-0.25, -0.2) is 8.42 Å².